The highest BCUT2D eigenvalue weighted by atomic mass is 35.5. The van der Waals surface area contributed by atoms with Gasteiger partial charge in [0.25, 0.3) is 0 Å². The Morgan fingerprint density at radius 2 is 1.71 bits per heavy atom. The lowest BCUT2D eigenvalue weighted by atomic mass is 9.87. The summed E-state index contributed by atoms with van der Waals surface area (Å²) in [5, 5.41) is 10.8. The molecule has 3 aromatic rings. The molecule has 1 aliphatic carbocycles. The molecule has 1 saturated heterocycles. The van der Waals surface area contributed by atoms with Crippen LogP contribution in [0.2, 0.25) is 10.0 Å². The Kier molecular flexibility index (Phi) is 9.32. The van der Waals surface area contributed by atoms with Crippen LogP contribution in [0.25, 0.3) is 17.2 Å². The molecule has 1 heterocycles. The second-order valence-corrected chi connectivity index (χ2v) is 11.9. The fourth-order valence-corrected chi connectivity index (χ4v) is 6.23. The molecule has 2 aliphatic rings. The summed E-state index contributed by atoms with van der Waals surface area (Å²) in [5.41, 5.74) is 9.09. The van der Waals surface area contributed by atoms with Gasteiger partial charge in [-0.3, -0.25) is 9.69 Å². The molecule has 0 aromatic heterocycles. The van der Waals surface area contributed by atoms with Crippen LogP contribution in [0.3, 0.4) is 0 Å². The van der Waals surface area contributed by atoms with Gasteiger partial charge in [-0.1, -0.05) is 77.3 Å². The van der Waals surface area contributed by atoms with E-state index in [0.29, 0.717) is 15.6 Å². The van der Waals surface area contributed by atoms with Gasteiger partial charge < -0.3 is 10.0 Å². The predicted octanol–water partition coefficient (Wildman–Crippen LogP) is 7.72. The number of likely N-dealkylation sites (N-methyl/N-ethyl adjacent to an activating group) is 1. The van der Waals surface area contributed by atoms with E-state index in [1.54, 1.807) is 43.3 Å². The standard InChI is InChI=1S/C35H34Cl2N2O3/c1-38(2)33(40)7-4-17-39-18-16-24(22-39)19-23-8-10-25(11-9-23)34-29-14-12-27(35(41)42)20-26(29)5-3-6-31(34)30-15-13-28(36)21-32(30)37/h4,7-15,19-21H,3,5-6,16-18,22H2,1-2H3,(H,41,42)/b7-4+,24-19-. The average molecular weight is 602 g/mol. The van der Waals surface area contributed by atoms with E-state index >= 15 is 0 Å². The molecule has 1 aliphatic heterocycles. The van der Waals surface area contributed by atoms with E-state index in [1.165, 1.54) is 5.57 Å². The molecule has 5 rings (SSSR count). The second kappa shape index (κ2) is 13.1. The summed E-state index contributed by atoms with van der Waals surface area (Å²) in [6.45, 7) is 2.60. The van der Waals surface area contributed by atoms with Gasteiger partial charge in [0.1, 0.15) is 0 Å². The number of benzene rings is 3. The van der Waals surface area contributed by atoms with Gasteiger partial charge in [0.15, 0.2) is 0 Å². The number of likely N-dealkylation sites (tertiary alicyclic amines) is 1. The van der Waals surface area contributed by atoms with Gasteiger partial charge in [0, 0.05) is 49.9 Å². The Hall–Kier alpha value is -3.64. The zero-order valence-corrected chi connectivity index (χ0v) is 25.4. The summed E-state index contributed by atoms with van der Waals surface area (Å²) in [4.78, 5) is 27.4. The molecule has 0 atom stereocenters. The maximum atomic E-state index is 11.8. The molecule has 0 saturated carbocycles. The first kappa shape index (κ1) is 29.8. The minimum absolute atomic E-state index is 0.000256. The maximum absolute atomic E-state index is 11.8. The van der Waals surface area contributed by atoms with Crippen LogP contribution in [0.5, 0.6) is 0 Å². The normalized spacial score (nSPS) is 16.6. The van der Waals surface area contributed by atoms with Crippen LogP contribution < -0.4 is 0 Å². The van der Waals surface area contributed by atoms with Crippen molar-refractivity contribution in [1.29, 1.82) is 0 Å². The molecule has 1 fully saturated rings. The summed E-state index contributed by atoms with van der Waals surface area (Å²) in [7, 11) is 3.51. The molecular formula is C35H34Cl2N2O3. The van der Waals surface area contributed by atoms with Crippen LogP contribution in [0, 0.1) is 0 Å². The fraction of sp³-hybridized carbons (Fsp3) is 0.257. The number of aryl methyl sites for hydroxylation is 1. The van der Waals surface area contributed by atoms with Gasteiger partial charge in [-0.2, -0.15) is 0 Å². The molecule has 1 amide bonds. The van der Waals surface area contributed by atoms with Gasteiger partial charge in [0.2, 0.25) is 5.91 Å². The van der Waals surface area contributed by atoms with E-state index in [2.05, 4.69) is 35.2 Å². The zero-order valence-electron chi connectivity index (χ0n) is 23.9. The molecular weight excluding hydrogens is 567 g/mol. The van der Waals surface area contributed by atoms with E-state index in [-0.39, 0.29) is 5.91 Å². The SMILES string of the molecule is CN(C)C(=O)/C=C/CN1CC/C(=C/c2ccc(C3=C(c4ccc(Cl)cc4Cl)CCCc4cc(C(=O)O)ccc43)cc2)C1. The molecule has 0 bridgehead atoms. The van der Waals surface area contributed by atoms with E-state index < -0.39 is 5.97 Å². The number of hydrogen-bond acceptors (Lipinski definition) is 3. The molecule has 7 heteroatoms. The highest BCUT2D eigenvalue weighted by Gasteiger charge is 2.23. The number of carboxylic acids is 1. The van der Waals surface area contributed by atoms with Gasteiger partial charge in [0.05, 0.1) is 5.56 Å². The van der Waals surface area contributed by atoms with Crippen LogP contribution in [-0.2, 0) is 11.2 Å². The molecule has 0 spiro atoms. The number of carbonyl (C=O) groups excluding carboxylic acids is 1. The zero-order chi connectivity index (χ0) is 29.8. The van der Waals surface area contributed by atoms with Crippen molar-refractivity contribution in [2.24, 2.45) is 0 Å². The Bertz CT molecular complexity index is 1600. The van der Waals surface area contributed by atoms with Crippen molar-refractivity contribution in [3.8, 4) is 0 Å². The molecule has 0 radical (unpaired) electrons. The number of amides is 1. The van der Waals surface area contributed by atoms with Crippen LogP contribution >= 0.6 is 23.2 Å². The average Bonchev–Trinajstić information content (AvgIpc) is 3.31. The number of carboxylic acid groups (broad SMARTS) is 1. The highest BCUT2D eigenvalue weighted by Crippen LogP contribution is 2.42. The Morgan fingerprint density at radius 1 is 0.952 bits per heavy atom. The molecule has 3 aromatic carbocycles. The number of halogens is 2. The number of fused-ring (bicyclic) bond motifs is 1. The first-order chi connectivity index (χ1) is 20.2. The van der Waals surface area contributed by atoms with Gasteiger partial charge in [-0.25, -0.2) is 4.79 Å². The van der Waals surface area contributed by atoms with E-state index in [4.69, 9.17) is 23.2 Å². The number of aromatic carboxylic acids is 1. The van der Waals surface area contributed by atoms with Crippen LogP contribution in [0.4, 0.5) is 0 Å². The minimum atomic E-state index is -0.922. The summed E-state index contributed by atoms with van der Waals surface area (Å²) in [6, 6.07) is 19.6. The van der Waals surface area contributed by atoms with Crippen molar-refractivity contribution >= 4 is 52.3 Å². The molecule has 42 heavy (non-hydrogen) atoms. The van der Waals surface area contributed by atoms with E-state index in [1.807, 2.05) is 24.3 Å². The van der Waals surface area contributed by atoms with Crippen molar-refractivity contribution in [3.05, 3.63) is 122 Å². The topological polar surface area (TPSA) is 60.9 Å². The number of rotatable bonds is 7. The molecule has 1 N–H and O–H groups in total. The Morgan fingerprint density at radius 3 is 2.43 bits per heavy atom. The van der Waals surface area contributed by atoms with Crippen LogP contribution in [0.15, 0.2) is 78.4 Å². The molecule has 5 nitrogen and oxygen atoms in total. The number of allylic oxidation sites excluding steroid dienone is 1. The monoisotopic (exact) mass is 600 g/mol. The lowest BCUT2D eigenvalue weighted by Gasteiger charge is -2.18. The third-order valence-corrected chi connectivity index (χ3v) is 8.41. The van der Waals surface area contributed by atoms with Crippen LogP contribution in [0.1, 0.15) is 57.4 Å². The Balaban J connectivity index is 1.46. The predicted molar refractivity (Wildman–Crippen MR) is 172 cm³/mol. The molecule has 216 valence electrons. The molecule has 0 unspecified atom stereocenters. The van der Waals surface area contributed by atoms with Crippen molar-refractivity contribution in [2.45, 2.75) is 25.7 Å². The first-order valence-corrected chi connectivity index (χ1v) is 14.9. The third kappa shape index (κ3) is 6.87. The maximum Gasteiger partial charge on any atom is 0.335 e. The van der Waals surface area contributed by atoms with Crippen molar-refractivity contribution in [1.82, 2.24) is 9.80 Å². The van der Waals surface area contributed by atoms with Gasteiger partial charge in [-0.15, -0.1) is 0 Å². The number of nitrogens with zero attached hydrogens (tertiary/aromatic N) is 2. The first-order valence-electron chi connectivity index (χ1n) is 14.1. The third-order valence-electron chi connectivity index (χ3n) is 7.86. The van der Waals surface area contributed by atoms with Crippen LogP contribution in [-0.4, -0.2) is 60.5 Å². The summed E-state index contributed by atoms with van der Waals surface area (Å²) < 4.78 is 0. The van der Waals surface area contributed by atoms with Crippen molar-refractivity contribution < 1.29 is 14.7 Å². The van der Waals surface area contributed by atoms with Crippen molar-refractivity contribution in [2.75, 3.05) is 33.7 Å². The summed E-state index contributed by atoms with van der Waals surface area (Å²) >= 11 is 13.0. The summed E-state index contributed by atoms with van der Waals surface area (Å²) in [6.07, 6.45) is 9.30. The van der Waals surface area contributed by atoms with E-state index in [9.17, 15) is 14.7 Å². The minimum Gasteiger partial charge on any atom is -0.478 e. The Labute approximate surface area is 257 Å². The second-order valence-electron chi connectivity index (χ2n) is 11.1. The van der Waals surface area contributed by atoms with Gasteiger partial charge in [-0.05, 0) is 88.9 Å². The largest absolute Gasteiger partial charge is 0.478 e. The van der Waals surface area contributed by atoms with Crippen molar-refractivity contribution in [3.63, 3.8) is 0 Å². The summed E-state index contributed by atoms with van der Waals surface area (Å²) in [5.74, 6) is -0.922. The van der Waals surface area contributed by atoms with E-state index in [0.717, 1.165) is 84.3 Å². The number of carbonyl (C=O) groups is 2. The number of hydrogen-bond donors (Lipinski definition) is 1. The quantitative estimate of drug-likeness (QED) is 0.282. The fourth-order valence-electron chi connectivity index (χ4n) is 5.71. The van der Waals surface area contributed by atoms with Gasteiger partial charge >= 0.3 is 5.97 Å². The lowest BCUT2D eigenvalue weighted by Crippen LogP contribution is -2.21. The smallest absolute Gasteiger partial charge is 0.335 e. The lowest BCUT2D eigenvalue weighted by molar-refractivity contribution is -0.123. The highest BCUT2D eigenvalue weighted by molar-refractivity contribution is 6.36.